The fourth-order valence-corrected chi connectivity index (χ4v) is 3.07. The maximum atomic E-state index is 12.3. The molecule has 0 fully saturated rings. The molecule has 0 aliphatic rings. The molecule has 0 aliphatic carbocycles. The van der Waals surface area contributed by atoms with E-state index in [9.17, 15) is 13.2 Å². The van der Waals surface area contributed by atoms with Gasteiger partial charge in [-0.3, -0.25) is 19.5 Å². The Morgan fingerprint density at radius 1 is 1.22 bits per heavy atom. The predicted octanol–water partition coefficient (Wildman–Crippen LogP) is 1.04. The number of aromatic nitrogens is 1. The normalized spacial score (nSPS) is 11.0. The third kappa shape index (κ3) is 4.05. The fourth-order valence-electron chi connectivity index (χ4n) is 1.98. The Hall–Kier alpha value is -2.45. The van der Waals surface area contributed by atoms with Gasteiger partial charge in [0.05, 0.1) is 29.2 Å². The number of para-hydroxylation sites is 1. The van der Waals surface area contributed by atoms with E-state index in [0.29, 0.717) is 16.9 Å². The second-order valence-corrected chi connectivity index (χ2v) is 6.94. The first-order valence-corrected chi connectivity index (χ1v) is 8.60. The van der Waals surface area contributed by atoms with E-state index in [0.717, 1.165) is 0 Å². The van der Waals surface area contributed by atoms with E-state index >= 15 is 0 Å². The lowest BCUT2D eigenvalue weighted by atomic mass is 10.2. The number of rotatable bonds is 6. The van der Waals surface area contributed by atoms with Crippen LogP contribution in [0.3, 0.4) is 0 Å². The standard InChI is InChI=1S/C15H18N4O3S/c1-2-23(21,22)19(14-6-4-3-5-7-14)11-13-9-8-12(10-17-13)15(20)18-16/h3-10H,2,11,16H2,1H3,(H,18,20). The summed E-state index contributed by atoms with van der Waals surface area (Å²) in [6, 6.07) is 12.0. The maximum absolute atomic E-state index is 12.3. The molecule has 1 heterocycles. The van der Waals surface area contributed by atoms with E-state index in [2.05, 4.69) is 4.98 Å². The van der Waals surface area contributed by atoms with Crippen molar-refractivity contribution < 1.29 is 13.2 Å². The average Bonchev–Trinajstić information content (AvgIpc) is 2.60. The van der Waals surface area contributed by atoms with Gasteiger partial charge < -0.3 is 0 Å². The number of nitrogens with zero attached hydrogens (tertiary/aromatic N) is 2. The van der Waals surface area contributed by atoms with Crippen molar-refractivity contribution in [1.29, 1.82) is 0 Å². The lowest BCUT2D eigenvalue weighted by molar-refractivity contribution is 0.0953. The summed E-state index contributed by atoms with van der Waals surface area (Å²) in [7, 11) is -3.45. The molecule has 0 bridgehead atoms. The molecule has 2 aromatic rings. The number of nitrogens with two attached hydrogens (primary N) is 1. The number of pyridine rings is 1. The van der Waals surface area contributed by atoms with Gasteiger partial charge in [0.2, 0.25) is 10.0 Å². The van der Waals surface area contributed by atoms with E-state index in [4.69, 9.17) is 5.84 Å². The molecular weight excluding hydrogens is 316 g/mol. The third-order valence-electron chi connectivity index (χ3n) is 3.27. The smallest absolute Gasteiger partial charge is 0.266 e. The predicted molar refractivity (Wildman–Crippen MR) is 88.0 cm³/mol. The molecule has 0 saturated heterocycles. The fraction of sp³-hybridized carbons (Fsp3) is 0.200. The van der Waals surface area contributed by atoms with Crippen LogP contribution in [0.15, 0.2) is 48.7 Å². The number of hydrazine groups is 1. The number of nitrogens with one attached hydrogen (secondary N) is 1. The number of carbonyl (C=O) groups is 1. The average molecular weight is 334 g/mol. The molecule has 2 rings (SSSR count). The molecular formula is C15H18N4O3S. The number of anilines is 1. The monoisotopic (exact) mass is 334 g/mol. The second-order valence-electron chi connectivity index (χ2n) is 4.75. The van der Waals surface area contributed by atoms with Crippen molar-refractivity contribution in [3.63, 3.8) is 0 Å². The summed E-state index contributed by atoms with van der Waals surface area (Å²) in [6.45, 7) is 1.68. The van der Waals surface area contributed by atoms with Gasteiger partial charge in [-0.15, -0.1) is 0 Å². The lowest BCUT2D eigenvalue weighted by Gasteiger charge is -2.23. The quantitative estimate of drug-likeness (QED) is 0.466. The number of hydrogen-bond donors (Lipinski definition) is 2. The molecule has 3 N–H and O–H groups in total. The van der Waals surface area contributed by atoms with Gasteiger partial charge >= 0.3 is 0 Å². The minimum atomic E-state index is -3.45. The Balaban J connectivity index is 2.30. The first-order valence-electron chi connectivity index (χ1n) is 6.99. The van der Waals surface area contributed by atoms with Crippen molar-refractivity contribution >= 4 is 21.6 Å². The summed E-state index contributed by atoms with van der Waals surface area (Å²) in [5, 5.41) is 0. The summed E-state index contributed by atoms with van der Waals surface area (Å²) in [5.74, 6) is 4.59. The van der Waals surface area contributed by atoms with Crippen molar-refractivity contribution in [3.05, 3.63) is 59.9 Å². The van der Waals surface area contributed by atoms with Gasteiger partial charge in [-0.1, -0.05) is 18.2 Å². The first-order chi connectivity index (χ1) is 11.0. The topological polar surface area (TPSA) is 105 Å². The van der Waals surface area contributed by atoms with Crippen LogP contribution in [0, 0.1) is 0 Å². The summed E-state index contributed by atoms with van der Waals surface area (Å²) in [6.07, 6.45) is 1.36. The minimum Gasteiger partial charge on any atom is -0.290 e. The zero-order chi connectivity index (χ0) is 16.9. The van der Waals surface area contributed by atoms with Crippen molar-refractivity contribution in [2.45, 2.75) is 13.5 Å². The van der Waals surface area contributed by atoms with Gasteiger partial charge in [-0.05, 0) is 31.2 Å². The van der Waals surface area contributed by atoms with Gasteiger partial charge in [0, 0.05) is 6.20 Å². The van der Waals surface area contributed by atoms with Gasteiger partial charge in [-0.2, -0.15) is 0 Å². The zero-order valence-corrected chi connectivity index (χ0v) is 13.5. The summed E-state index contributed by atoms with van der Waals surface area (Å²) < 4.78 is 26.0. The van der Waals surface area contributed by atoms with Gasteiger partial charge in [0.25, 0.3) is 5.91 Å². The number of sulfonamides is 1. The molecule has 0 spiro atoms. The summed E-state index contributed by atoms with van der Waals surface area (Å²) in [4.78, 5) is 15.5. The SMILES string of the molecule is CCS(=O)(=O)N(Cc1ccc(C(=O)NN)cn1)c1ccccc1. The molecule has 1 amide bonds. The van der Waals surface area contributed by atoms with Crippen molar-refractivity contribution in [2.75, 3.05) is 10.1 Å². The van der Waals surface area contributed by atoms with Crippen molar-refractivity contribution in [3.8, 4) is 0 Å². The first kappa shape index (κ1) is 16.9. The Morgan fingerprint density at radius 2 is 1.91 bits per heavy atom. The highest BCUT2D eigenvalue weighted by Crippen LogP contribution is 2.20. The van der Waals surface area contributed by atoms with Crippen LogP contribution >= 0.6 is 0 Å². The van der Waals surface area contributed by atoms with E-state index in [1.807, 2.05) is 11.5 Å². The molecule has 0 aliphatic heterocycles. The summed E-state index contributed by atoms with van der Waals surface area (Å²) >= 11 is 0. The van der Waals surface area contributed by atoms with Crippen LogP contribution in [0.25, 0.3) is 0 Å². The number of benzene rings is 1. The van der Waals surface area contributed by atoms with Gasteiger partial charge in [0.1, 0.15) is 0 Å². The Labute approximate surface area is 135 Å². The molecule has 7 nitrogen and oxygen atoms in total. The molecule has 1 aromatic heterocycles. The maximum Gasteiger partial charge on any atom is 0.266 e. The van der Waals surface area contributed by atoms with E-state index in [-0.39, 0.29) is 12.3 Å². The molecule has 0 unspecified atom stereocenters. The Bertz CT molecular complexity index is 761. The van der Waals surface area contributed by atoms with Crippen LogP contribution in [0.4, 0.5) is 5.69 Å². The third-order valence-corrected chi connectivity index (χ3v) is 5.01. The molecule has 0 saturated carbocycles. The van der Waals surface area contributed by atoms with Crippen molar-refractivity contribution in [1.82, 2.24) is 10.4 Å². The molecule has 0 radical (unpaired) electrons. The van der Waals surface area contributed by atoms with Crippen LogP contribution in [-0.2, 0) is 16.6 Å². The zero-order valence-electron chi connectivity index (χ0n) is 12.6. The van der Waals surface area contributed by atoms with Crippen molar-refractivity contribution in [2.24, 2.45) is 5.84 Å². The lowest BCUT2D eigenvalue weighted by Crippen LogP contribution is -2.32. The number of amides is 1. The molecule has 23 heavy (non-hydrogen) atoms. The van der Waals surface area contributed by atoms with E-state index < -0.39 is 15.9 Å². The van der Waals surface area contributed by atoms with Crippen LogP contribution in [0.1, 0.15) is 23.0 Å². The van der Waals surface area contributed by atoms with Crippen LogP contribution in [0.5, 0.6) is 0 Å². The van der Waals surface area contributed by atoms with E-state index in [1.165, 1.54) is 10.5 Å². The Kier molecular flexibility index (Phi) is 5.30. The summed E-state index contributed by atoms with van der Waals surface area (Å²) in [5.41, 5.74) is 3.42. The Morgan fingerprint density at radius 3 is 2.43 bits per heavy atom. The highest BCUT2D eigenvalue weighted by molar-refractivity contribution is 7.92. The van der Waals surface area contributed by atoms with Gasteiger partial charge in [-0.25, -0.2) is 14.3 Å². The van der Waals surface area contributed by atoms with E-state index in [1.54, 1.807) is 43.3 Å². The van der Waals surface area contributed by atoms with Crippen LogP contribution < -0.4 is 15.6 Å². The number of carbonyl (C=O) groups excluding carboxylic acids is 1. The second kappa shape index (κ2) is 7.21. The number of hydrogen-bond acceptors (Lipinski definition) is 5. The molecule has 122 valence electrons. The van der Waals surface area contributed by atoms with Crippen LogP contribution in [0.2, 0.25) is 0 Å². The largest absolute Gasteiger partial charge is 0.290 e. The highest BCUT2D eigenvalue weighted by atomic mass is 32.2. The highest BCUT2D eigenvalue weighted by Gasteiger charge is 2.21. The van der Waals surface area contributed by atoms with Gasteiger partial charge in [0.15, 0.2) is 0 Å². The molecule has 8 heteroatoms. The molecule has 1 aromatic carbocycles. The van der Waals surface area contributed by atoms with Crippen LogP contribution in [-0.4, -0.2) is 25.1 Å². The molecule has 0 atom stereocenters. The minimum absolute atomic E-state index is 0.0183. The number of nitrogen functional groups attached to an aromatic ring is 1.